The van der Waals surface area contributed by atoms with Crippen LogP contribution in [0, 0.1) is 11.8 Å². The number of primary amides is 3. The normalized spacial score (nSPS) is 14.3. The van der Waals surface area contributed by atoms with Gasteiger partial charge in [0.05, 0.1) is 38.1 Å². The van der Waals surface area contributed by atoms with E-state index in [2.05, 4.69) is 88.4 Å². The number of hydrogen-bond acceptors (Lipinski definition) is 22. The Morgan fingerprint density at radius 2 is 0.821 bits per heavy atom. The topological polar surface area (TPSA) is 773 Å². The second-order valence-corrected chi connectivity index (χ2v) is 24.9. The molecule has 0 unspecified atom stereocenters. The number of amides is 14. The molecule has 2 aromatic heterocycles. The van der Waals surface area contributed by atoms with E-state index in [4.69, 9.17) is 45.9 Å². The van der Waals surface area contributed by atoms with Gasteiger partial charge in [-0.1, -0.05) is 34.1 Å². The van der Waals surface area contributed by atoms with Crippen LogP contribution in [0.4, 0.5) is 0 Å². The van der Waals surface area contributed by atoms with Crippen molar-refractivity contribution in [3.63, 3.8) is 0 Å². The zero-order valence-corrected chi connectivity index (χ0v) is 58.9. The molecule has 14 amide bonds. The second kappa shape index (κ2) is 46.5. The highest BCUT2D eigenvalue weighted by Gasteiger charge is 2.38. The van der Waals surface area contributed by atoms with E-state index in [-0.39, 0.29) is 87.3 Å². The summed E-state index contributed by atoms with van der Waals surface area (Å²) in [4.78, 5) is 247. The fourth-order valence-electron chi connectivity index (χ4n) is 9.90. The molecular formula is C61H99N25O20. The Morgan fingerprint density at radius 3 is 1.22 bits per heavy atom. The quantitative estimate of drug-likeness (QED) is 0.0166. The van der Waals surface area contributed by atoms with E-state index in [9.17, 15) is 96.8 Å². The number of rotatable bonds is 52. The molecule has 45 heteroatoms. The Bertz CT molecular complexity index is 3420. The number of aromatic nitrogens is 4. The lowest BCUT2D eigenvalue weighted by atomic mass is 9.97. The van der Waals surface area contributed by atoms with Crippen LogP contribution in [0.15, 0.2) is 35.0 Å². The van der Waals surface area contributed by atoms with Gasteiger partial charge in [-0.25, -0.2) is 14.8 Å². The molecule has 106 heavy (non-hydrogen) atoms. The molecule has 0 fully saturated rings. The first-order valence-corrected chi connectivity index (χ1v) is 33.4. The molecule has 0 aliphatic carbocycles. The summed E-state index contributed by atoms with van der Waals surface area (Å²) in [5, 5.41) is 55.1. The summed E-state index contributed by atoms with van der Waals surface area (Å²) >= 11 is 0. The summed E-state index contributed by atoms with van der Waals surface area (Å²) in [6.45, 7) is 5.53. The fourth-order valence-corrected chi connectivity index (χ4v) is 9.90. The Kier molecular flexibility index (Phi) is 39.5. The molecule has 2 aromatic rings. The molecule has 0 saturated carbocycles. The number of nitrogens with two attached hydrogens (primary N) is 8. The average Bonchev–Trinajstić information content (AvgIpc) is 1.17. The second-order valence-electron chi connectivity index (χ2n) is 24.9. The molecular weight excluding hydrogens is 1400 g/mol. The largest absolute Gasteiger partial charge is 0.481 e. The zero-order chi connectivity index (χ0) is 79.9. The minimum atomic E-state index is -2.16. The van der Waals surface area contributed by atoms with Gasteiger partial charge in [0.1, 0.15) is 60.4 Å². The molecule has 0 bridgehead atoms. The number of nitrogens with one attached hydrogen (secondary N) is 13. The maximum absolute atomic E-state index is 14.4. The van der Waals surface area contributed by atoms with Crippen LogP contribution in [0.1, 0.15) is 129 Å². The maximum atomic E-state index is 14.4. The zero-order valence-electron chi connectivity index (χ0n) is 58.9. The standard InChI is InChI=1S/C61H99N25O20/c1-5-29(4)48(86-45(90)25-74-50(96)38(19-30-23-70-26-75-30)82-54(100)35(11-14-43(64)88)79-52(98)34(10-13-42(63)87)77-49(95)32(62)18-28(2)3)58(104)85-40(21-44(65)89)56(102)84-41(22-47(93)94)57(103)78-33(8-6-16-72-60(66)67)51(97)83-39(20-31-24-71-27-76-31)55(101)80-36(12-15-46(91)92)53(99)81-37(59(105)106)9-7-17-73-61(68)69/h23-24,26-29,32-41,48H,5-22,25,62H2,1-4H3,(H2,63,87)(H2,64,88)(H2,65,89)(H,70,75)(H,71,76)(H,74,96)(H,77,95)(H,78,103)(H,79,98)(H,80,101)(H,81,99)(H,82,100)(H,83,97)(H,84,102)(H,85,104)(H,86,90)(H,91,92)(H,93,94)(H,105,106)(H4,66,67,72)(H4,68,69,73)/t29-,32-,33-,34-,35-,36-,37-,38-,39-,40-,41-,48-/m0/s1. The Labute approximate surface area is 606 Å². The number of aliphatic imine (C=N–C) groups is 2. The summed E-state index contributed by atoms with van der Waals surface area (Å²) in [6.07, 6.45) is -1.46. The van der Waals surface area contributed by atoms with Crippen LogP contribution in [-0.2, 0) is 94.3 Å². The molecule has 32 N–H and O–H groups in total. The van der Waals surface area contributed by atoms with E-state index in [1.54, 1.807) is 20.8 Å². The predicted octanol–water partition coefficient (Wildman–Crippen LogP) is -9.76. The van der Waals surface area contributed by atoms with Gasteiger partial charge in [0, 0.05) is 69.0 Å². The van der Waals surface area contributed by atoms with Gasteiger partial charge in [0.25, 0.3) is 0 Å². The number of hydrogen-bond donors (Lipinski definition) is 24. The highest BCUT2D eigenvalue weighted by atomic mass is 16.4. The Hall–Kier alpha value is -12.1. The minimum absolute atomic E-state index is 0.0307. The molecule has 2 heterocycles. The summed E-state index contributed by atoms with van der Waals surface area (Å²) in [5.41, 5.74) is 44.3. The van der Waals surface area contributed by atoms with Crippen molar-refractivity contribution in [2.45, 2.75) is 197 Å². The number of carbonyl (C=O) groups is 17. The molecule has 2 rings (SSSR count). The lowest BCUT2D eigenvalue weighted by Gasteiger charge is -2.28. The fraction of sp³-hybridized carbons (Fsp3) is 0.590. The van der Waals surface area contributed by atoms with Crippen molar-refractivity contribution < 1.29 is 96.8 Å². The number of guanidine groups is 2. The SMILES string of the molecule is CC[C@H](C)[C@H](NC(=O)CNC(=O)[C@H](Cc1cnc[nH]1)NC(=O)[C@H](CCC(N)=O)NC(=O)[C@H](CCC(N)=O)NC(=O)[C@@H](N)CC(C)C)C(=O)N[C@@H](CC(N)=O)C(=O)N[C@@H](CC(=O)O)C(=O)N[C@@H](CCCN=C(N)N)C(=O)N[C@@H](Cc1cnc[nH]1)C(=O)N[C@@H](CCC(=O)O)C(=O)N[C@@H](CCCN=C(N)N)C(=O)O. The third kappa shape index (κ3) is 35.7. The van der Waals surface area contributed by atoms with E-state index in [1.165, 1.54) is 32.0 Å². The van der Waals surface area contributed by atoms with Crippen LogP contribution in [0.2, 0.25) is 0 Å². The molecule has 0 aromatic carbocycles. The molecule has 12 atom stereocenters. The van der Waals surface area contributed by atoms with Crippen LogP contribution in [-0.4, -0.2) is 234 Å². The number of imidazole rings is 2. The van der Waals surface area contributed by atoms with Crippen molar-refractivity contribution in [3.8, 4) is 0 Å². The van der Waals surface area contributed by atoms with Gasteiger partial charge in [0.15, 0.2) is 11.9 Å². The number of H-pyrrole nitrogens is 2. The summed E-state index contributed by atoms with van der Waals surface area (Å²) in [7, 11) is 0. The predicted molar refractivity (Wildman–Crippen MR) is 371 cm³/mol. The van der Waals surface area contributed by atoms with Gasteiger partial charge in [0.2, 0.25) is 82.7 Å². The Balaban J connectivity index is 2.49. The van der Waals surface area contributed by atoms with Crippen LogP contribution in [0.5, 0.6) is 0 Å². The average molecular weight is 1500 g/mol. The number of nitrogens with zero attached hydrogens (tertiary/aromatic N) is 4. The van der Waals surface area contributed by atoms with Crippen molar-refractivity contribution in [2.24, 2.45) is 67.7 Å². The number of carbonyl (C=O) groups excluding carboxylic acids is 14. The molecule has 0 aliphatic heterocycles. The highest BCUT2D eigenvalue weighted by molar-refractivity contribution is 6.01. The van der Waals surface area contributed by atoms with Crippen molar-refractivity contribution in [1.82, 2.24) is 78.4 Å². The molecule has 0 spiro atoms. The van der Waals surface area contributed by atoms with Gasteiger partial charge in [-0.05, 0) is 63.2 Å². The van der Waals surface area contributed by atoms with Crippen LogP contribution < -0.4 is 104 Å². The van der Waals surface area contributed by atoms with E-state index < -0.39 is 237 Å². The van der Waals surface area contributed by atoms with Gasteiger partial charge < -0.3 is 130 Å². The van der Waals surface area contributed by atoms with Crippen LogP contribution in [0.3, 0.4) is 0 Å². The van der Waals surface area contributed by atoms with Crippen molar-refractivity contribution in [1.29, 1.82) is 0 Å². The lowest BCUT2D eigenvalue weighted by molar-refractivity contribution is -0.143. The molecule has 588 valence electrons. The molecule has 0 saturated heterocycles. The van der Waals surface area contributed by atoms with E-state index >= 15 is 0 Å². The van der Waals surface area contributed by atoms with E-state index in [0.717, 1.165) is 0 Å². The summed E-state index contributed by atoms with van der Waals surface area (Å²) < 4.78 is 0. The van der Waals surface area contributed by atoms with Gasteiger partial charge in [-0.2, -0.15) is 0 Å². The first-order valence-electron chi connectivity index (χ1n) is 33.4. The number of carboxylic acids is 3. The third-order valence-corrected chi connectivity index (χ3v) is 15.6. The van der Waals surface area contributed by atoms with Crippen molar-refractivity contribution in [3.05, 3.63) is 36.4 Å². The third-order valence-electron chi connectivity index (χ3n) is 15.6. The Morgan fingerprint density at radius 1 is 0.443 bits per heavy atom. The minimum Gasteiger partial charge on any atom is -0.481 e. The highest BCUT2D eigenvalue weighted by Crippen LogP contribution is 2.13. The lowest BCUT2D eigenvalue weighted by Crippen LogP contribution is -2.61. The first-order chi connectivity index (χ1) is 49.8. The van der Waals surface area contributed by atoms with Crippen molar-refractivity contribution >= 4 is 113 Å². The molecule has 0 radical (unpaired) electrons. The van der Waals surface area contributed by atoms with Gasteiger partial charge >= 0.3 is 17.9 Å². The summed E-state index contributed by atoms with van der Waals surface area (Å²) in [6, 6.07) is -18.5. The van der Waals surface area contributed by atoms with Crippen molar-refractivity contribution in [2.75, 3.05) is 19.6 Å². The van der Waals surface area contributed by atoms with E-state index in [1.807, 2.05) is 0 Å². The van der Waals surface area contributed by atoms with E-state index in [0.29, 0.717) is 0 Å². The van der Waals surface area contributed by atoms with Gasteiger partial charge in [-0.3, -0.25) is 86.7 Å². The smallest absolute Gasteiger partial charge is 0.326 e. The number of carboxylic acid groups (broad SMARTS) is 3. The molecule has 0 aliphatic rings. The number of aromatic amines is 2. The van der Waals surface area contributed by atoms with Gasteiger partial charge in [-0.15, -0.1) is 0 Å². The molecule has 45 nitrogen and oxygen atoms in total. The number of aliphatic carboxylic acids is 3. The summed E-state index contributed by atoms with van der Waals surface area (Å²) in [5.74, 6) is -21.6. The first kappa shape index (κ1) is 90.0. The van der Waals surface area contributed by atoms with Crippen LogP contribution >= 0.6 is 0 Å². The maximum Gasteiger partial charge on any atom is 0.326 e. The van der Waals surface area contributed by atoms with Crippen LogP contribution in [0.25, 0.3) is 0 Å². The monoisotopic (exact) mass is 1500 g/mol.